The number of rotatable bonds is 6. The summed E-state index contributed by atoms with van der Waals surface area (Å²) in [6.45, 7) is 0.612. The van der Waals surface area contributed by atoms with E-state index in [1.54, 1.807) is 25.4 Å². The van der Waals surface area contributed by atoms with Gasteiger partial charge in [0, 0.05) is 37.1 Å². The molecule has 1 aromatic carbocycles. The van der Waals surface area contributed by atoms with E-state index in [0.717, 1.165) is 16.8 Å². The van der Waals surface area contributed by atoms with Crippen molar-refractivity contribution in [2.45, 2.75) is 37.1 Å². The molecule has 0 saturated heterocycles. The van der Waals surface area contributed by atoms with Crippen molar-refractivity contribution in [2.75, 3.05) is 13.3 Å². The van der Waals surface area contributed by atoms with Crippen LogP contribution >= 0.6 is 35.7 Å². The maximum atomic E-state index is 13.0. The van der Waals surface area contributed by atoms with Crippen LogP contribution in [0.3, 0.4) is 0 Å². The van der Waals surface area contributed by atoms with Crippen LogP contribution in [0.15, 0.2) is 47.6 Å². The second-order valence-electron chi connectivity index (χ2n) is 6.50. The highest BCUT2D eigenvalue weighted by molar-refractivity contribution is 14.0. The number of aliphatic imine (C=N–C) groups is 1. The fourth-order valence-corrected chi connectivity index (χ4v) is 3.90. The Labute approximate surface area is 187 Å². The highest BCUT2D eigenvalue weighted by Crippen LogP contribution is 2.28. The van der Waals surface area contributed by atoms with Crippen LogP contribution in [-0.2, 0) is 6.54 Å². The van der Waals surface area contributed by atoms with E-state index < -0.39 is 0 Å². The number of halogens is 2. The Morgan fingerprint density at radius 3 is 2.75 bits per heavy atom. The molecule has 2 unspecified atom stereocenters. The number of ether oxygens (including phenoxy) is 1. The molecule has 0 bridgehead atoms. The number of guanidine groups is 1. The van der Waals surface area contributed by atoms with Gasteiger partial charge in [0.15, 0.2) is 5.96 Å². The number of hydrogen-bond acceptors (Lipinski definition) is 4. The minimum Gasteiger partial charge on any atom is -0.439 e. The van der Waals surface area contributed by atoms with Crippen LogP contribution in [0, 0.1) is 5.82 Å². The molecule has 0 spiro atoms. The van der Waals surface area contributed by atoms with E-state index in [0.29, 0.717) is 24.2 Å². The molecule has 28 heavy (non-hydrogen) atoms. The van der Waals surface area contributed by atoms with Crippen LogP contribution in [-0.4, -0.2) is 35.5 Å². The summed E-state index contributed by atoms with van der Waals surface area (Å²) in [5, 5.41) is 7.59. The second-order valence-corrected chi connectivity index (χ2v) is 7.63. The summed E-state index contributed by atoms with van der Waals surface area (Å²) in [6, 6.07) is 10.2. The predicted molar refractivity (Wildman–Crippen MR) is 124 cm³/mol. The molecule has 3 rings (SSSR count). The highest BCUT2D eigenvalue weighted by Gasteiger charge is 2.24. The maximum absolute atomic E-state index is 13.0. The van der Waals surface area contributed by atoms with Crippen molar-refractivity contribution < 1.29 is 9.13 Å². The quantitative estimate of drug-likeness (QED) is 0.335. The van der Waals surface area contributed by atoms with E-state index in [1.165, 1.54) is 31.4 Å². The van der Waals surface area contributed by atoms with Gasteiger partial charge in [0.05, 0.1) is 0 Å². The lowest BCUT2D eigenvalue weighted by atomic mass is 10.2. The van der Waals surface area contributed by atoms with Crippen LogP contribution in [0.4, 0.5) is 4.39 Å². The van der Waals surface area contributed by atoms with Gasteiger partial charge in [0.1, 0.15) is 11.6 Å². The molecule has 0 aliphatic heterocycles. The third kappa shape index (κ3) is 6.80. The first-order valence-corrected chi connectivity index (χ1v) is 10.3. The summed E-state index contributed by atoms with van der Waals surface area (Å²) >= 11 is 1.94. The molecule has 152 valence electrons. The van der Waals surface area contributed by atoms with E-state index >= 15 is 0 Å². The molecule has 1 heterocycles. The van der Waals surface area contributed by atoms with Gasteiger partial charge in [-0.15, -0.1) is 24.0 Å². The molecule has 1 saturated carbocycles. The molecule has 0 amide bonds. The fraction of sp³-hybridized carbons (Fsp3) is 0.400. The van der Waals surface area contributed by atoms with Crippen molar-refractivity contribution in [1.82, 2.24) is 15.6 Å². The number of aromatic nitrogens is 1. The summed E-state index contributed by atoms with van der Waals surface area (Å²) in [5.74, 6) is 1.54. The average Bonchev–Trinajstić information content (AvgIpc) is 3.15. The molecule has 1 fully saturated rings. The SMILES string of the molecule is CN=C(NCc1ccnc(Oc2ccc(F)cc2)c1)NC1CCC(SC)C1.I. The van der Waals surface area contributed by atoms with Crippen molar-refractivity contribution in [3.05, 3.63) is 54.0 Å². The van der Waals surface area contributed by atoms with Crippen LogP contribution < -0.4 is 15.4 Å². The van der Waals surface area contributed by atoms with Crippen molar-refractivity contribution in [3.63, 3.8) is 0 Å². The van der Waals surface area contributed by atoms with E-state index in [1.807, 2.05) is 23.9 Å². The predicted octanol–water partition coefficient (Wildman–Crippen LogP) is 4.58. The number of pyridine rings is 1. The molecule has 1 aliphatic rings. The zero-order valence-electron chi connectivity index (χ0n) is 16.0. The monoisotopic (exact) mass is 516 g/mol. The van der Waals surface area contributed by atoms with Crippen LogP contribution in [0.2, 0.25) is 0 Å². The third-order valence-corrected chi connectivity index (χ3v) is 5.67. The van der Waals surface area contributed by atoms with Crippen molar-refractivity contribution in [3.8, 4) is 11.6 Å². The zero-order valence-corrected chi connectivity index (χ0v) is 19.2. The molecule has 5 nitrogen and oxygen atoms in total. The summed E-state index contributed by atoms with van der Waals surface area (Å²) in [4.78, 5) is 8.53. The molecule has 2 aromatic rings. The molecule has 2 N–H and O–H groups in total. The Morgan fingerprint density at radius 1 is 1.29 bits per heavy atom. The van der Waals surface area contributed by atoms with E-state index in [4.69, 9.17) is 4.74 Å². The van der Waals surface area contributed by atoms with E-state index in [-0.39, 0.29) is 29.8 Å². The Bertz CT molecular complexity index is 775. The minimum atomic E-state index is -0.293. The van der Waals surface area contributed by atoms with E-state index in [2.05, 4.69) is 26.9 Å². The summed E-state index contributed by atoms with van der Waals surface area (Å²) in [6.07, 6.45) is 7.48. The molecule has 2 atom stereocenters. The highest BCUT2D eigenvalue weighted by atomic mass is 127. The zero-order chi connectivity index (χ0) is 19.1. The molecule has 0 radical (unpaired) electrons. The average molecular weight is 516 g/mol. The summed E-state index contributed by atoms with van der Waals surface area (Å²) in [7, 11) is 1.78. The van der Waals surface area contributed by atoms with E-state index in [9.17, 15) is 4.39 Å². The number of nitrogens with one attached hydrogen (secondary N) is 2. The topological polar surface area (TPSA) is 58.5 Å². The molecular weight excluding hydrogens is 490 g/mol. The third-order valence-electron chi connectivity index (χ3n) is 4.58. The van der Waals surface area contributed by atoms with Gasteiger partial charge in [-0.25, -0.2) is 9.37 Å². The van der Waals surface area contributed by atoms with Crippen molar-refractivity contribution in [1.29, 1.82) is 0 Å². The minimum absolute atomic E-state index is 0. The summed E-state index contributed by atoms with van der Waals surface area (Å²) < 4.78 is 18.7. The number of thioether (sulfide) groups is 1. The van der Waals surface area contributed by atoms with Gasteiger partial charge >= 0.3 is 0 Å². The van der Waals surface area contributed by atoms with Crippen LogP contribution in [0.1, 0.15) is 24.8 Å². The number of hydrogen-bond donors (Lipinski definition) is 2. The Hall–Kier alpha value is -1.55. The lowest BCUT2D eigenvalue weighted by Gasteiger charge is -2.17. The fourth-order valence-electron chi connectivity index (χ4n) is 3.10. The normalized spacial score (nSPS) is 19.0. The lowest BCUT2D eigenvalue weighted by molar-refractivity contribution is 0.460. The van der Waals surface area contributed by atoms with Gasteiger partial charge in [-0.2, -0.15) is 11.8 Å². The smallest absolute Gasteiger partial charge is 0.219 e. The van der Waals surface area contributed by atoms with Gasteiger partial charge in [-0.1, -0.05) is 0 Å². The Balaban J connectivity index is 0.00000280. The van der Waals surface area contributed by atoms with Gasteiger partial charge in [0.2, 0.25) is 5.88 Å². The molecule has 1 aliphatic carbocycles. The van der Waals surface area contributed by atoms with Crippen molar-refractivity contribution >= 4 is 41.7 Å². The van der Waals surface area contributed by atoms with Crippen molar-refractivity contribution in [2.24, 2.45) is 4.99 Å². The Kier molecular flexibility index (Phi) is 9.30. The van der Waals surface area contributed by atoms with Crippen LogP contribution in [0.25, 0.3) is 0 Å². The molecule has 8 heteroatoms. The van der Waals surface area contributed by atoms with Gasteiger partial charge in [-0.3, -0.25) is 4.99 Å². The standard InChI is InChI=1S/C20H25FN4OS.HI/c1-22-20(25-16-5-8-18(12-16)27-2)24-13-14-9-10-23-19(11-14)26-17-6-3-15(21)4-7-17;/h3-4,6-7,9-11,16,18H,5,8,12-13H2,1-2H3,(H2,22,24,25);1H. The van der Waals surface area contributed by atoms with Gasteiger partial charge in [-0.05, 0) is 61.4 Å². The molecular formula is C20H26FIN4OS. The largest absolute Gasteiger partial charge is 0.439 e. The first-order chi connectivity index (χ1) is 13.2. The Morgan fingerprint density at radius 2 is 2.07 bits per heavy atom. The summed E-state index contributed by atoms with van der Waals surface area (Å²) in [5.41, 5.74) is 1.03. The first kappa shape index (κ1) is 22.7. The van der Waals surface area contributed by atoms with Gasteiger partial charge < -0.3 is 15.4 Å². The number of benzene rings is 1. The second kappa shape index (κ2) is 11.5. The number of nitrogens with zero attached hydrogens (tertiary/aromatic N) is 2. The first-order valence-electron chi connectivity index (χ1n) is 9.04. The lowest BCUT2D eigenvalue weighted by Crippen LogP contribution is -2.42. The van der Waals surface area contributed by atoms with Gasteiger partial charge in [0.25, 0.3) is 0 Å². The molecule has 1 aromatic heterocycles. The van der Waals surface area contributed by atoms with Crippen LogP contribution in [0.5, 0.6) is 11.6 Å². The maximum Gasteiger partial charge on any atom is 0.219 e.